The van der Waals surface area contributed by atoms with Gasteiger partial charge in [0.05, 0.1) is 6.61 Å². The van der Waals surface area contributed by atoms with E-state index in [0.717, 1.165) is 19.3 Å². The molecule has 0 heterocycles. The van der Waals surface area contributed by atoms with E-state index in [2.05, 4.69) is 19.1 Å². The number of hydrogen-bond acceptors (Lipinski definition) is 3. The molecule has 0 aromatic carbocycles. The quantitative estimate of drug-likeness (QED) is 0.770. The standard InChI is InChI=1S/C16H26O3/c1-10-4-7-13-12(8-10)6-5-11(2)16(13,3)15(19)14(18)9-17/h5-6,10-14,17-18H,4,7-9H2,1-3H3/t10-,11+,12+,13+,14-,16+/m1/s1. The van der Waals surface area contributed by atoms with Gasteiger partial charge in [-0.05, 0) is 36.5 Å². The molecule has 2 rings (SSSR count). The second kappa shape index (κ2) is 5.37. The molecule has 0 unspecified atom stereocenters. The molecule has 19 heavy (non-hydrogen) atoms. The molecule has 2 N–H and O–H groups in total. The number of hydrogen-bond donors (Lipinski definition) is 2. The van der Waals surface area contributed by atoms with Gasteiger partial charge in [-0.3, -0.25) is 4.79 Å². The molecule has 0 saturated heterocycles. The summed E-state index contributed by atoms with van der Waals surface area (Å²) < 4.78 is 0. The summed E-state index contributed by atoms with van der Waals surface area (Å²) in [6.07, 6.45) is 6.48. The molecule has 2 aliphatic rings. The monoisotopic (exact) mass is 266 g/mol. The van der Waals surface area contributed by atoms with Crippen LogP contribution in [0, 0.1) is 29.1 Å². The number of aliphatic hydroxyl groups excluding tert-OH is 2. The largest absolute Gasteiger partial charge is 0.393 e. The summed E-state index contributed by atoms with van der Waals surface area (Å²) in [7, 11) is 0. The van der Waals surface area contributed by atoms with Crippen LogP contribution < -0.4 is 0 Å². The lowest BCUT2D eigenvalue weighted by Crippen LogP contribution is -2.52. The maximum Gasteiger partial charge on any atom is 0.170 e. The van der Waals surface area contributed by atoms with Gasteiger partial charge < -0.3 is 10.2 Å². The zero-order chi connectivity index (χ0) is 14.2. The Kier molecular flexibility index (Phi) is 4.17. The minimum atomic E-state index is -1.24. The number of rotatable bonds is 3. The molecule has 0 amide bonds. The fourth-order valence-corrected chi connectivity index (χ4v) is 4.08. The van der Waals surface area contributed by atoms with Crippen LogP contribution in [-0.4, -0.2) is 28.7 Å². The SMILES string of the molecule is C[C@@H]1CC[C@H]2[C@@H](C=C[C@H](C)[C@]2(C)C(=O)[C@H](O)CO)C1. The van der Waals surface area contributed by atoms with E-state index in [-0.39, 0.29) is 11.7 Å². The van der Waals surface area contributed by atoms with Crippen LogP contribution in [0.3, 0.4) is 0 Å². The number of carbonyl (C=O) groups is 1. The summed E-state index contributed by atoms with van der Waals surface area (Å²) in [6, 6.07) is 0. The highest BCUT2D eigenvalue weighted by molar-refractivity contribution is 5.89. The molecule has 3 nitrogen and oxygen atoms in total. The van der Waals surface area contributed by atoms with Crippen LogP contribution in [0.25, 0.3) is 0 Å². The first-order chi connectivity index (χ1) is 8.91. The Morgan fingerprint density at radius 3 is 2.68 bits per heavy atom. The number of allylic oxidation sites excluding steroid dienone is 2. The normalized spacial score (nSPS) is 43.6. The van der Waals surface area contributed by atoms with Gasteiger partial charge in [0.15, 0.2) is 5.78 Å². The Morgan fingerprint density at radius 1 is 1.37 bits per heavy atom. The van der Waals surface area contributed by atoms with Crippen molar-refractivity contribution < 1.29 is 15.0 Å². The smallest absolute Gasteiger partial charge is 0.170 e. The molecule has 0 radical (unpaired) electrons. The molecule has 1 fully saturated rings. The van der Waals surface area contributed by atoms with Crippen molar-refractivity contribution in [2.24, 2.45) is 29.1 Å². The predicted molar refractivity (Wildman–Crippen MR) is 74.5 cm³/mol. The van der Waals surface area contributed by atoms with Crippen LogP contribution >= 0.6 is 0 Å². The first-order valence-electron chi connectivity index (χ1n) is 7.42. The van der Waals surface area contributed by atoms with E-state index in [1.54, 1.807) is 0 Å². The maximum absolute atomic E-state index is 12.6. The van der Waals surface area contributed by atoms with E-state index in [1.807, 2.05) is 13.8 Å². The third-order valence-electron chi connectivity index (χ3n) is 5.53. The summed E-state index contributed by atoms with van der Waals surface area (Å²) >= 11 is 0. The first-order valence-corrected chi connectivity index (χ1v) is 7.42. The Balaban J connectivity index is 2.31. The van der Waals surface area contributed by atoms with Crippen molar-refractivity contribution in [3.05, 3.63) is 12.2 Å². The van der Waals surface area contributed by atoms with E-state index in [9.17, 15) is 9.90 Å². The predicted octanol–water partition coefficient (Wildman–Crippen LogP) is 2.17. The maximum atomic E-state index is 12.6. The summed E-state index contributed by atoms with van der Waals surface area (Å²) in [4.78, 5) is 12.6. The van der Waals surface area contributed by atoms with Crippen molar-refractivity contribution in [2.75, 3.05) is 6.61 Å². The van der Waals surface area contributed by atoms with Gasteiger partial charge in [0, 0.05) is 5.41 Å². The average molecular weight is 266 g/mol. The highest BCUT2D eigenvalue weighted by atomic mass is 16.3. The number of carbonyl (C=O) groups excluding carboxylic acids is 1. The molecule has 1 saturated carbocycles. The zero-order valence-electron chi connectivity index (χ0n) is 12.2. The van der Waals surface area contributed by atoms with E-state index < -0.39 is 18.1 Å². The van der Waals surface area contributed by atoms with Crippen molar-refractivity contribution in [3.8, 4) is 0 Å². The first kappa shape index (κ1) is 14.7. The minimum Gasteiger partial charge on any atom is -0.393 e. The lowest BCUT2D eigenvalue weighted by molar-refractivity contribution is -0.147. The summed E-state index contributed by atoms with van der Waals surface area (Å²) in [5, 5.41) is 18.9. The van der Waals surface area contributed by atoms with E-state index in [4.69, 9.17) is 5.11 Å². The average Bonchev–Trinajstić information content (AvgIpc) is 2.41. The zero-order valence-corrected chi connectivity index (χ0v) is 12.2. The van der Waals surface area contributed by atoms with Gasteiger partial charge in [-0.15, -0.1) is 0 Å². The highest BCUT2D eigenvalue weighted by Gasteiger charge is 2.51. The molecular weight excluding hydrogens is 240 g/mol. The lowest BCUT2D eigenvalue weighted by atomic mass is 9.53. The third kappa shape index (κ3) is 2.38. The molecule has 3 heteroatoms. The van der Waals surface area contributed by atoms with Crippen LogP contribution in [0.5, 0.6) is 0 Å². The van der Waals surface area contributed by atoms with Crippen molar-refractivity contribution in [2.45, 2.75) is 46.1 Å². The molecule has 108 valence electrons. The number of ketones is 1. The van der Waals surface area contributed by atoms with E-state index in [1.165, 1.54) is 0 Å². The van der Waals surface area contributed by atoms with Crippen molar-refractivity contribution in [1.82, 2.24) is 0 Å². The van der Waals surface area contributed by atoms with Crippen LogP contribution in [0.1, 0.15) is 40.0 Å². The van der Waals surface area contributed by atoms with E-state index >= 15 is 0 Å². The van der Waals surface area contributed by atoms with Gasteiger partial charge in [0.2, 0.25) is 0 Å². The van der Waals surface area contributed by atoms with Crippen LogP contribution in [-0.2, 0) is 4.79 Å². The van der Waals surface area contributed by atoms with Gasteiger partial charge in [0.25, 0.3) is 0 Å². The number of Topliss-reactive ketones (excluding diaryl/α,β-unsaturated/α-hetero) is 1. The molecule has 0 spiro atoms. The molecule has 2 aliphatic carbocycles. The Labute approximate surface area is 115 Å². The molecule has 0 aromatic heterocycles. The van der Waals surface area contributed by atoms with Crippen molar-refractivity contribution in [1.29, 1.82) is 0 Å². The van der Waals surface area contributed by atoms with Crippen molar-refractivity contribution >= 4 is 5.78 Å². The fraction of sp³-hybridized carbons (Fsp3) is 0.812. The third-order valence-corrected chi connectivity index (χ3v) is 5.53. The molecule has 0 aromatic rings. The lowest BCUT2D eigenvalue weighted by Gasteiger charge is -2.50. The molecular formula is C16H26O3. The summed E-state index contributed by atoms with van der Waals surface area (Å²) in [5.74, 6) is 1.39. The highest BCUT2D eigenvalue weighted by Crippen LogP contribution is 2.52. The fourth-order valence-electron chi connectivity index (χ4n) is 4.08. The van der Waals surface area contributed by atoms with Gasteiger partial charge in [0.1, 0.15) is 6.10 Å². The Morgan fingerprint density at radius 2 is 2.05 bits per heavy atom. The van der Waals surface area contributed by atoms with Crippen LogP contribution in [0.4, 0.5) is 0 Å². The van der Waals surface area contributed by atoms with Gasteiger partial charge in [-0.2, -0.15) is 0 Å². The van der Waals surface area contributed by atoms with Crippen molar-refractivity contribution in [3.63, 3.8) is 0 Å². The van der Waals surface area contributed by atoms with Crippen LogP contribution in [0.15, 0.2) is 12.2 Å². The van der Waals surface area contributed by atoms with Gasteiger partial charge in [-0.1, -0.05) is 39.3 Å². The minimum absolute atomic E-state index is 0.121. The van der Waals surface area contributed by atoms with Gasteiger partial charge >= 0.3 is 0 Å². The second-order valence-electron chi connectivity index (χ2n) is 6.71. The summed E-state index contributed by atoms with van der Waals surface area (Å²) in [5.41, 5.74) is -0.540. The molecule has 6 atom stereocenters. The Bertz CT molecular complexity index is 376. The summed E-state index contributed by atoms with van der Waals surface area (Å²) in [6.45, 7) is 5.82. The topological polar surface area (TPSA) is 57.5 Å². The number of aliphatic hydroxyl groups is 2. The second-order valence-corrected chi connectivity index (χ2v) is 6.71. The van der Waals surface area contributed by atoms with Crippen LogP contribution in [0.2, 0.25) is 0 Å². The van der Waals surface area contributed by atoms with Gasteiger partial charge in [-0.25, -0.2) is 0 Å². The molecule has 0 bridgehead atoms. The molecule has 0 aliphatic heterocycles. The number of fused-ring (bicyclic) bond motifs is 1. The Hall–Kier alpha value is -0.670. The van der Waals surface area contributed by atoms with E-state index in [0.29, 0.717) is 17.8 Å².